The smallest absolute Gasteiger partial charge is 0.294 e. The number of benzene rings is 2. The molecule has 0 saturated heterocycles. The summed E-state index contributed by atoms with van der Waals surface area (Å²) in [6.45, 7) is 1.43. The molecule has 0 radical (unpaired) electrons. The van der Waals surface area contributed by atoms with Gasteiger partial charge in [-0.15, -0.1) is 11.3 Å². The molecule has 0 aliphatic rings. The van der Waals surface area contributed by atoms with Gasteiger partial charge < -0.3 is 10.1 Å². The Morgan fingerprint density at radius 1 is 1.26 bits per heavy atom. The van der Waals surface area contributed by atoms with Gasteiger partial charge in [0.25, 0.3) is 5.56 Å². The monoisotopic (exact) mass is 458 g/mol. The summed E-state index contributed by atoms with van der Waals surface area (Å²) in [4.78, 5) is 29.9. The Kier molecular flexibility index (Phi) is 5.71. The van der Waals surface area contributed by atoms with Crippen molar-refractivity contribution in [2.24, 2.45) is 0 Å². The van der Waals surface area contributed by atoms with Crippen LogP contribution in [0.15, 0.2) is 47.3 Å². The van der Waals surface area contributed by atoms with Crippen LogP contribution in [0.25, 0.3) is 21.5 Å². The van der Waals surface area contributed by atoms with Crippen LogP contribution in [0.4, 0.5) is 10.1 Å². The fraction of sp³-hybridized carbons (Fsp3) is 0.143. The maximum Gasteiger partial charge on any atom is 0.294 e. The van der Waals surface area contributed by atoms with E-state index in [2.05, 4.69) is 15.4 Å². The van der Waals surface area contributed by atoms with E-state index in [1.807, 2.05) is 0 Å². The molecule has 158 valence electrons. The second-order valence-electron chi connectivity index (χ2n) is 6.62. The quantitative estimate of drug-likeness (QED) is 0.482. The molecule has 0 bridgehead atoms. The number of aryl methyl sites for hydroxylation is 1. The van der Waals surface area contributed by atoms with Crippen molar-refractivity contribution in [1.82, 2.24) is 14.8 Å². The highest BCUT2D eigenvalue weighted by atomic mass is 35.5. The Balaban J connectivity index is 1.73. The topological polar surface area (TPSA) is 86.1 Å². The zero-order valence-corrected chi connectivity index (χ0v) is 18.1. The van der Waals surface area contributed by atoms with Gasteiger partial charge in [0.2, 0.25) is 5.91 Å². The lowest BCUT2D eigenvalue weighted by molar-refractivity contribution is -0.117. The van der Waals surface area contributed by atoms with Gasteiger partial charge >= 0.3 is 0 Å². The van der Waals surface area contributed by atoms with Gasteiger partial charge in [0.15, 0.2) is 5.52 Å². The SMILES string of the molecule is COc1ccc(Cl)cc1NC(=O)Cn1nc(-c2ccc(F)cc2)c2sc(C)nc2c1=O. The number of aromatic nitrogens is 3. The molecule has 0 aliphatic heterocycles. The number of nitrogens with one attached hydrogen (secondary N) is 1. The minimum atomic E-state index is -0.494. The summed E-state index contributed by atoms with van der Waals surface area (Å²) < 4.78 is 20.2. The van der Waals surface area contributed by atoms with Crippen LogP contribution in [0.1, 0.15) is 5.01 Å². The molecular weight excluding hydrogens is 443 g/mol. The molecule has 0 aliphatic carbocycles. The molecule has 0 atom stereocenters. The van der Waals surface area contributed by atoms with Crippen molar-refractivity contribution < 1.29 is 13.9 Å². The fourth-order valence-electron chi connectivity index (χ4n) is 3.07. The van der Waals surface area contributed by atoms with Crippen LogP contribution in [0.5, 0.6) is 5.75 Å². The van der Waals surface area contributed by atoms with E-state index in [1.54, 1.807) is 37.3 Å². The van der Waals surface area contributed by atoms with Crippen LogP contribution in [0.3, 0.4) is 0 Å². The summed E-state index contributed by atoms with van der Waals surface area (Å²) >= 11 is 7.32. The number of anilines is 1. The molecule has 0 saturated carbocycles. The average Bonchev–Trinajstić information content (AvgIpc) is 3.13. The molecule has 1 amide bonds. The molecule has 0 unspecified atom stereocenters. The van der Waals surface area contributed by atoms with E-state index in [4.69, 9.17) is 16.3 Å². The summed E-state index contributed by atoms with van der Waals surface area (Å²) in [5, 5.41) is 8.18. The van der Waals surface area contributed by atoms with E-state index < -0.39 is 11.5 Å². The van der Waals surface area contributed by atoms with Crippen molar-refractivity contribution >= 4 is 44.7 Å². The van der Waals surface area contributed by atoms with Crippen molar-refractivity contribution in [3.05, 3.63) is 68.7 Å². The van der Waals surface area contributed by atoms with Crippen LogP contribution < -0.4 is 15.6 Å². The van der Waals surface area contributed by atoms with Crippen molar-refractivity contribution in [3.63, 3.8) is 0 Å². The first-order chi connectivity index (χ1) is 14.9. The van der Waals surface area contributed by atoms with E-state index >= 15 is 0 Å². The van der Waals surface area contributed by atoms with Gasteiger partial charge in [-0.1, -0.05) is 11.6 Å². The number of carbonyl (C=O) groups excluding carboxylic acids is 1. The normalized spacial score (nSPS) is 11.0. The lowest BCUT2D eigenvalue weighted by atomic mass is 10.1. The number of carbonyl (C=O) groups is 1. The first-order valence-corrected chi connectivity index (χ1v) is 10.3. The number of methoxy groups -OCH3 is 1. The van der Waals surface area contributed by atoms with Crippen LogP contribution >= 0.6 is 22.9 Å². The Morgan fingerprint density at radius 2 is 2.00 bits per heavy atom. The van der Waals surface area contributed by atoms with E-state index in [1.165, 1.54) is 30.6 Å². The Morgan fingerprint density at radius 3 is 2.71 bits per heavy atom. The minimum Gasteiger partial charge on any atom is -0.495 e. The molecule has 2 aromatic carbocycles. The van der Waals surface area contributed by atoms with Crippen molar-refractivity contribution in [2.75, 3.05) is 12.4 Å². The van der Waals surface area contributed by atoms with Crippen LogP contribution in [-0.2, 0) is 11.3 Å². The molecular formula is C21H16ClFN4O3S. The Hall–Kier alpha value is -3.30. The Labute approximate surface area is 185 Å². The molecule has 1 N–H and O–H groups in total. The number of halogens is 2. The number of rotatable bonds is 5. The third-order valence-corrected chi connectivity index (χ3v) is 5.67. The van der Waals surface area contributed by atoms with Gasteiger partial charge in [-0.25, -0.2) is 14.1 Å². The largest absolute Gasteiger partial charge is 0.495 e. The van der Waals surface area contributed by atoms with Gasteiger partial charge in [0.05, 0.1) is 22.5 Å². The molecule has 2 aromatic heterocycles. The van der Waals surface area contributed by atoms with E-state index in [9.17, 15) is 14.0 Å². The van der Waals surface area contributed by atoms with Gasteiger partial charge in [-0.05, 0) is 49.4 Å². The highest BCUT2D eigenvalue weighted by Crippen LogP contribution is 2.30. The number of hydrogen-bond acceptors (Lipinski definition) is 6. The molecule has 4 rings (SSSR count). The van der Waals surface area contributed by atoms with E-state index in [0.717, 1.165) is 4.68 Å². The summed E-state index contributed by atoms with van der Waals surface area (Å²) in [7, 11) is 1.47. The third-order valence-electron chi connectivity index (χ3n) is 4.45. The molecule has 0 fully saturated rings. The summed E-state index contributed by atoms with van der Waals surface area (Å²) in [6, 6.07) is 10.6. The highest BCUT2D eigenvalue weighted by Gasteiger charge is 2.18. The molecule has 2 heterocycles. The number of amides is 1. The third kappa shape index (κ3) is 4.28. The molecule has 7 nitrogen and oxygen atoms in total. The van der Waals surface area contributed by atoms with Gasteiger partial charge in [0, 0.05) is 10.6 Å². The second kappa shape index (κ2) is 8.44. The molecule has 10 heteroatoms. The summed E-state index contributed by atoms with van der Waals surface area (Å²) in [5.74, 6) is -0.453. The van der Waals surface area contributed by atoms with Crippen molar-refractivity contribution in [1.29, 1.82) is 0 Å². The number of nitrogens with zero attached hydrogens (tertiary/aromatic N) is 3. The lowest BCUT2D eigenvalue weighted by Crippen LogP contribution is -2.30. The van der Waals surface area contributed by atoms with Crippen LogP contribution in [-0.4, -0.2) is 27.8 Å². The number of ether oxygens (including phenoxy) is 1. The summed E-state index contributed by atoms with van der Waals surface area (Å²) in [5.41, 5.74) is 1.16. The number of thiazole rings is 1. The maximum absolute atomic E-state index is 13.4. The van der Waals surface area contributed by atoms with E-state index in [0.29, 0.717) is 37.4 Å². The highest BCUT2D eigenvalue weighted by molar-refractivity contribution is 7.19. The standard InChI is InChI=1S/C21H16ClFN4O3S/c1-11-24-19-20(31-11)18(12-3-6-14(23)7-4-12)26-27(21(19)29)10-17(28)25-15-9-13(22)5-8-16(15)30-2/h3-9H,10H2,1-2H3,(H,25,28). The number of fused-ring (bicyclic) bond motifs is 1. The van der Waals surface area contributed by atoms with Crippen LogP contribution in [0.2, 0.25) is 5.02 Å². The zero-order valence-electron chi connectivity index (χ0n) is 16.5. The van der Waals surface area contributed by atoms with Gasteiger partial charge in [0.1, 0.15) is 23.8 Å². The lowest BCUT2D eigenvalue weighted by Gasteiger charge is -2.12. The predicted molar refractivity (Wildman–Crippen MR) is 118 cm³/mol. The van der Waals surface area contributed by atoms with E-state index in [-0.39, 0.29) is 17.9 Å². The summed E-state index contributed by atoms with van der Waals surface area (Å²) in [6.07, 6.45) is 0. The Bertz CT molecular complexity index is 1350. The van der Waals surface area contributed by atoms with Crippen LogP contribution in [0, 0.1) is 12.7 Å². The molecule has 31 heavy (non-hydrogen) atoms. The zero-order chi connectivity index (χ0) is 22.1. The maximum atomic E-state index is 13.4. The van der Waals surface area contributed by atoms with Gasteiger partial charge in [-0.3, -0.25) is 9.59 Å². The first kappa shape index (κ1) is 21.0. The van der Waals surface area contributed by atoms with Crippen molar-refractivity contribution in [2.45, 2.75) is 13.5 Å². The second-order valence-corrected chi connectivity index (χ2v) is 8.26. The average molecular weight is 459 g/mol. The van der Waals surface area contributed by atoms with Crippen molar-refractivity contribution in [3.8, 4) is 17.0 Å². The molecule has 0 spiro atoms. The first-order valence-electron chi connectivity index (χ1n) is 9.13. The number of hydrogen-bond donors (Lipinski definition) is 1. The van der Waals surface area contributed by atoms with Gasteiger partial charge in [-0.2, -0.15) is 5.10 Å². The minimum absolute atomic E-state index is 0.213. The predicted octanol–water partition coefficient (Wildman–Crippen LogP) is 4.27. The molecule has 4 aromatic rings. The fourth-order valence-corrected chi connectivity index (χ4v) is 4.16.